The minimum absolute atomic E-state index is 0.172. The van der Waals surface area contributed by atoms with E-state index in [4.69, 9.17) is 11.6 Å². The zero-order valence-electron chi connectivity index (χ0n) is 19.2. The molecule has 11 heteroatoms. The van der Waals surface area contributed by atoms with Gasteiger partial charge in [-0.25, -0.2) is 9.97 Å². The van der Waals surface area contributed by atoms with Crippen LogP contribution in [0.4, 0.5) is 11.5 Å². The standard InChI is InChI=1S/C24H24BrClN6O2S/c1-30(2)8-6-27-22-13-29-23(14-28-22)31-7-5-16-9-19(3-4-21(16)31)32(15-24(33)34)35-20-11-17(25)10-18(26)12-20/h3-5,7,9-14H,6,8,15H2,1-2H3,(H,27,28)(H,33,34). The van der Waals surface area contributed by atoms with Gasteiger partial charge in [-0.05, 0) is 68.5 Å². The van der Waals surface area contributed by atoms with Crippen molar-refractivity contribution in [1.29, 1.82) is 0 Å². The molecule has 0 spiro atoms. The Morgan fingerprint density at radius 1 is 1.17 bits per heavy atom. The summed E-state index contributed by atoms with van der Waals surface area (Å²) in [4.78, 5) is 23.5. The van der Waals surface area contributed by atoms with Gasteiger partial charge < -0.3 is 19.6 Å². The van der Waals surface area contributed by atoms with E-state index in [1.54, 1.807) is 28.8 Å². The number of anilines is 2. The van der Waals surface area contributed by atoms with Crippen LogP contribution in [-0.2, 0) is 4.79 Å². The lowest BCUT2D eigenvalue weighted by Gasteiger charge is -2.22. The van der Waals surface area contributed by atoms with Crippen molar-refractivity contribution in [3.8, 4) is 5.82 Å². The van der Waals surface area contributed by atoms with Gasteiger partial charge in [-0.1, -0.05) is 27.5 Å². The van der Waals surface area contributed by atoms with E-state index in [2.05, 4.69) is 36.1 Å². The minimum Gasteiger partial charge on any atom is -0.480 e. The average Bonchev–Trinajstić information content (AvgIpc) is 3.21. The van der Waals surface area contributed by atoms with Crippen molar-refractivity contribution in [2.75, 3.05) is 43.4 Å². The summed E-state index contributed by atoms with van der Waals surface area (Å²) in [5.41, 5.74) is 1.72. The van der Waals surface area contributed by atoms with Gasteiger partial charge in [0.25, 0.3) is 0 Å². The normalized spacial score (nSPS) is 11.2. The molecule has 0 aliphatic carbocycles. The summed E-state index contributed by atoms with van der Waals surface area (Å²) in [6, 6.07) is 13.3. The summed E-state index contributed by atoms with van der Waals surface area (Å²) in [6.45, 7) is 1.52. The Bertz CT molecular complexity index is 1310. The first kappa shape index (κ1) is 25.3. The number of aromatic nitrogens is 3. The molecule has 0 saturated carbocycles. The summed E-state index contributed by atoms with van der Waals surface area (Å²) in [6.07, 6.45) is 5.38. The molecule has 2 heterocycles. The Kier molecular flexibility index (Phi) is 8.17. The average molecular weight is 576 g/mol. The molecule has 2 N–H and O–H groups in total. The van der Waals surface area contributed by atoms with Gasteiger partial charge in [0.05, 0.1) is 17.9 Å². The molecule has 0 saturated heterocycles. The first-order valence-electron chi connectivity index (χ1n) is 10.7. The number of halogens is 2. The minimum atomic E-state index is -0.925. The van der Waals surface area contributed by atoms with E-state index in [0.29, 0.717) is 10.8 Å². The van der Waals surface area contributed by atoms with Gasteiger partial charge in [-0.3, -0.25) is 9.36 Å². The number of hydrogen-bond acceptors (Lipinski definition) is 7. The lowest BCUT2D eigenvalue weighted by molar-refractivity contribution is -0.135. The molecule has 0 bridgehead atoms. The second-order valence-corrected chi connectivity index (χ2v) is 10.5. The van der Waals surface area contributed by atoms with Crippen LogP contribution < -0.4 is 9.62 Å². The number of aliphatic carboxylic acids is 1. The van der Waals surface area contributed by atoms with Gasteiger partial charge in [0.2, 0.25) is 0 Å². The Morgan fingerprint density at radius 2 is 2.00 bits per heavy atom. The third-order valence-electron chi connectivity index (χ3n) is 5.04. The monoisotopic (exact) mass is 574 g/mol. The molecule has 182 valence electrons. The fourth-order valence-electron chi connectivity index (χ4n) is 3.44. The molecule has 35 heavy (non-hydrogen) atoms. The largest absolute Gasteiger partial charge is 0.480 e. The molecule has 0 radical (unpaired) electrons. The van der Waals surface area contributed by atoms with Crippen LogP contribution in [0.3, 0.4) is 0 Å². The molecular weight excluding hydrogens is 552 g/mol. The number of carboxylic acid groups (broad SMARTS) is 1. The van der Waals surface area contributed by atoms with Gasteiger partial charge >= 0.3 is 5.97 Å². The second-order valence-electron chi connectivity index (χ2n) is 8.05. The number of carboxylic acids is 1. The van der Waals surface area contributed by atoms with Crippen LogP contribution in [0.1, 0.15) is 0 Å². The van der Waals surface area contributed by atoms with E-state index in [-0.39, 0.29) is 6.54 Å². The maximum atomic E-state index is 11.6. The van der Waals surface area contributed by atoms with Crippen molar-refractivity contribution in [2.45, 2.75) is 4.90 Å². The molecule has 8 nitrogen and oxygen atoms in total. The number of nitrogens with zero attached hydrogens (tertiary/aromatic N) is 5. The van der Waals surface area contributed by atoms with Gasteiger partial charge in [0, 0.05) is 44.8 Å². The Morgan fingerprint density at radius 3 is 2.69 bits per heavy atom. The van der Waals surface area contributed by atoms with E-state index in [1.807, 2.05) is 55.2 Å². The molecule has 2 aromatic heterocycles. The fourth-order valence-corrected chi connectivity index (χ4v) is 5.52. The second kappa shape index (κ2) is 11.3. The van der Waals surface area contributed by atoms with Gasteiger partial charge in [-0.15, -0.1) is 0 Å². The Balaban J connectivity index is 1.57. The van der Waals surface area contributed by atoms with Gasteiger partial charge in [0.15, 0.2) is 5.82 Å². The van der Waals surface area contributed by atoms with E-state index in [0.717, 1.165) is 44.9 Å². The van der Waals surface area contributed by atoms with E-state index in [1.165, 1.54) is 11.9 Å². The Hall–Kier alpha value is -2.79. The van der Waals surface area contributed by atoms with E-state index in [9.17, 15) is 9.90 Å². The lowest BCUT2D eigenvalue weighted by atomic mass is 10.2. The van der Waals surface area contributed by atoms with Crippen molar-refractivity contribution >= 4 is 67.9 Å². The van der Waals surface area contributed by atoms with Crippen molar-refractivity contribution in [3.05, 3.63) is 70.6 Å². The van der Waals surface area contributed by atoms with Crippen molar-refractivity contribution in [1.82, 2.24) is 19.4 Å². The molecule has 4 aromatic rings. The lowest BCUT2D eigenvalue weighted by Crippen LogP contribution is -2.22. The van der Waals surface area contributed by atoms with E-state index < -0.39 is 5.97 Å². The van der Waals surface area contributed by atoms with Crippen LogP contribution >= 0.6 is 39.5 Å². The topological polar surface area (TPSA) is 86.5 Å². The van der Waals surface area contributed by atoms with Crippen LogP contribution in [0.15, 0.2) is 70.4 Å². The zero-order chi connectivity index (χ0) is 24.9. The highest BCUT2D eigenvalue weighted by Gasteiger charge is 2.15. The van der Waals surface area contributed by atoms with Gasteiger partial charge in [-0.2, -0.15) is 0 Å². The van der Waals surface area contributed by atoms with Crippen molar-refractivity contribution in [3.63, 3.8) is 0 Å². The number of fused-ring (bicyclic) bond motifs is 1. The first-order chi connectivity index (χ1) is 16.8. The quantitative estimate of drug-likeness (QED) is 0.243. The maximum absolute atomic E-state index is 11.6. The van der Waals surface area contributed by atoms with E-state index >= 15 is 0 Å². The van der Waals surface area contributed by atoms with Gasteiger partial charge in [0.1, 0.15) is 12.4 Å². The summed E-state index contributed by atoms with van der Waals surface area (Å²) >= 11 is 10.9. The zero-order valence-corrected chi connectivity index (χ0v) is 22.3. The Labute approximate surface area is 221 Å². The smallest absolute Gasteiger partial charge is 0.324 e. The maximum Gasteiger partial charge on any atom is 0.324 e. The highest BCUT2D eigenvalue weighted by molar-refractivity contribution is 9.10. The number of likely N-dealkylation sites (N-methyl/N-ethyl adjacent to an activating group) is 1. The molecule has 0 fully saturated rings. The van der Waals surface area contributed by atoms with Crippen LogP contribution in [0.5, 0.6) is 0 Å². The van der Waals surface area contributed by atoms with Crippen molar-refractivity contribution < 1.29 is 9.90 Å². The van der Waals surface area contributed by atoms with Crippen LogP contribution in [0, 0.1) is 0 Å². The highest BCUT2D eigenvalue weighted by atomic mass is 79.9. The van der Waals surface area contributed by atoms with Crippen LogP contribution in [-0.4, -0.2) is 64.2 Å². The third-order valence-corrected chi connectivity index (χ3v) is 6.73. The van der Waals surface area contributed by atoms with Crippen molar-refractivity contribution in [2.24, 2.45) is 0 Å². The molecule has 0 aliphatic rings. The predicted molar refractivity (Wildman–Crippen MR) is 146 cm³/mol. The van der Waals surface area contributed by atoms with Crippen LogP contribution in [0.2, 0.25) is 5.02 Å². The summed E-state index contributed by atoms with van der Waals surface area (Å²) in [5.74, 6) is 0.501. The highest BCUT2D eigenvalue weighted by Crippen LogP contribution is 2.34. The molecule has 2 aromatic carbocycles. The first-order valence-corrected chi connectivity index (χ1v) is 12.7. The number of carbonyl (C=O) groups is 1. The predicted octanol–water partition coefficient (Wildman–Crippen LogP) is 5.41. The fraction of sp³-hybridized carbons (Fsp3) is 0.208. The molecule has 0 unspecified atom stereocenters. The number of nitrogens with one attached hydrogen (secondary N) is 1. The molecular formula is C24H24BrClN6O2S. The number of rotatable bonds is 10. The SMILES string of the molecule is CN(C)CCNc1cnc(-n2ccc3cc(N(CC(=O)O)Sc4cc(Cl)cc(Br)c4)ccc32)cn1. The molecule has 0 amide bonds. The third kappa shape index (κ3) is 6.66. The number of hydrogen-bond donors (Lipinski definition) is 2. The summed E-state index contributed by atoms with van der Waals surface area (Å²) in [5, 5.41) is 14.3. The molecule has 0 atom stereocenters. The van der Waals surface area contributed by atoms with Crippen LogP contribution in [0.25, 0.3) is 16.7 Å². The molecule has 0 aliphatic heterocycles. The molecule has 4 rings (SSSR count). The summed E-state index contributed by atoms with van der Waals surface area (Å²) in [7, 11) is 4.05. The number of benzene rings is 2. The summed E-state index contributed by atoms with van der Waals surface area (Å²) < 4.78 is 4.51.